The molecule has 0 amide bonds. The lowest BCUT2D eigenvalue weighted by Gasteiger charge is -2.08. The zero-order chi connectivity index (χ0) is 20.3. The predicted molar refractivity (Wildman–Crippen MR) is 106 cm³/mol. The number of esters is 1. The number of nitrogens with zero attached hydrogens (tertiary/aromatic N) is 3. The van der Waals surface area contributed by atoms with Gasteiger partial charge in [0.2, 0.25) is 0 Å². The van der Waals surface area contributed by atoms with Gasteiger partial charge in [-0.1, -0.05) is 37.1 Å². The van der Waals surface area contributed by atoms with Crippen LogP contribution in [0.5, 0.6) is 0 Å². The van der Waals surface area contributed by atoms with Crippen molar-refractivity contribution in [2.45, 2.75) is 46.4 Å². The number of unbranched alkanes of at least 4 members (excludes halogenated alkanes) is 1. The molecule has 1 aromatic carbocycles. The molecule has 2 aromatic heterocycles. The van der Waals surface area contributed by atoms with Crippen molar-refractivity contribution >= 4 is 28.7 Å². The highest BCUT2D eigenvalue weighted by molar-refractivity contribution is 6.33. The quantitative estimate of drug-likeness (QED) is 0.610. The van der Waals surface area contributed by atoms with Crippen molar-refractivity contribution in [3.63, 3.8) is 0 Å². The summed E-state index contributed by atoms with van der Waals surface area (Å²) in [5.41, 5.74) is -0.159. The Labute approximate surface area is 165 Å². The normalized spacial score (nSPS) is 11.1. The van der Waals surface area contributed by atoms with Gasteiger partial charge in [-0.05, 0) is 25.5 Å². The maximum absolute atomic E-state index is 12.4. The second kappa shape index (κ2) is 8.43. The molecule has 3 rings (SSSR count). The molecule has 2 heterocycles. The fourth-order valence-electron chi connectivity index (χ4n) is 3.03. The van der Waals surface area contributed by atoms with Crippen molar-refractivity contribution in [2.24, 2.45) is 0 Å². The minimum atomic E-state index is -0.586. The summed E-state index contributed by atoms with van der Waals surface area (Å²) in [6, 6.07) is 6.58. The fourth-order valence-corrected chi connectivity index (χ4v) is 3.24. The molecule has 0 radical (unpaired) electrons. The summed E-state index contributed by atoms with van der Waals surface area (Å²) in [5.74, 6) is -0.197. The fraction of sp³-hybridized carbons (Fsp3) is 0.368. The van der Waals surface area contributed by atoms with Gasteiger partial charge in [-0.25, -0.2) is 14.6 Å². The SMILES string of the molecule is CCCCn1c(=O)[nH]c(=O)c2c1nc(COC(=O)c1ccccc1Cl)n2CC. The summed E-state index contributed by atoms with van der Waals surface area (Å²) in [7, 11) is 0. The number of benzene rings is 1. The number of aromatic amines is 1. The Morgan fingerprint density at radius 3 is 2.64 bits per heavy atom. The Morgan fingerprint density at radius 2 is 1.96 bits per heavy atom. The van der Waals surface area contributed by atoms with Gasteiger partial charge in [-0.3, -0.25) is 14.3 Å². The number of aromatic nitrogens is 4. The third kappa shape index (κ3) is 3.73. The topological polar surface area (TPSA) is 99.0 Å². The first kappa shape index (κ1) is 19.9. The number of carbonyl (C=O) groups excluding carboxylic acids is 1. The number of hydrogen-bond donors (Lipinski definition) is 1. The van der Waals surface area contributed by atoms with Gasteiger partial charge in [0.1, 0.15) is 12.4 Å². The van der Waals surface area contributed by atoms with E-state index in [-0.39, 0.29) is 12.2 Å². The summed E-state index contributed by atoms with van der Waals surface area (Å²) in [6.45, 7) is 4.60. The summed E-state index contributed by atoms with van der Waals surface area (Å²) in [4.78, 5) is 43.7. The first-order valence-electron chi connectivity index (χ1n) is 9.11. The standard InChI is InChI=1S/C19H21ClN4O4/c1-3-5-10-24-16-15(17(25)22-19(24)27)23(4-2)14(21-16)11-28-18(26)12-8-6-7-9-13(12)20/h6-9H,3-5,10-11H2,1-2H3,(H,22,25,27). The van der Waals surface area contributed by atoms with Crippen LogP contribution < -0.4 is 11.2 Å². The molecule has 28 heavy (non-hydrogen) atoms. The van der Waals surface area contributed by atoms with Crippen molar-refractivity contribution in [2.75, 3.05) is 0 Å². The molecule has 0 aliphatic heterocycles. The highest BCUT2D eigenvalue weighted by Gasteiger charge is 2.19. The van der Waals surface area contributed by atoms with Gasteiger partial charge in [0.25, 0.3) is 5.56 Å². The van der Waals surface area contributed by atoms with Gasteiger partial charge in [-0.2, -0.15) is 0 Å². The molecule has 8 nitrogen and oxygen atoms in total. The van der Waals surface area contributed by atoms with E-state index in [1.54, 1.807) is 28.8 Å². The van der Waals surface area contributed by atoms with E-state index in [1.807, 2.05) is 13.8 Å². The lowest BCUT2D eigenvalue weighted by atomic mass is 10.2. The smallest absolute Gasteiger partial charge is 0.340 e. The van der Waals surface area contributed by atoms with Crippen molar-refractivity contribution in [3.05, 3.63) is 61.5 Å². The van der Waals surface area contributed by atoms with Gasteiger partial charge in [-0.15, -0.1) is 0 Å². The van der Waals surface area contributed by atoms with E-state index in [2.05, 4.69) is 9.97 Å². The van der Waals surface area contributed by atoms with E-state index in [4.69, 9.17) is 16.3 Å². The number of nitrogens with one attached hydrogen (secondary N) is 1. The average Bonchev–Trinajstić information content (AvgIpc) is 3.05. The minimum Gasteiger partial charge on any atom is -0.454 e. The van der Waals surface area contributed by atoms with Crippen LogP contribution in [0.4, 0.5) is 0 Å². The Hall–Kier alpha value is -2.87. The second-order valence-electron chi connectivity index (χ2n) is 6.26. The number of fused-ring (bicyclic) bond motifs is 1. The molecule has 0 unspecified atom stereocenters. The number of H-pyrrole nitrogens is 1. The zero-order valence-electron chi connectivity index (χ0n) is 15.7. The summed E-state index contributed by atoms with van der Waals surface area (Å²) < 4.78 is 8.45. The maximum Gasteiger partial charge on any atom is 0.340 e. The lowest BCUT2D eigenvalue weighted by Crippen LogP contribution is -2.31. The first-order chi connectivity index (χ1) is 13.5. The van der Waals surface area contributed by atoms with Gasteiger partial charge in [0.05, 0.1) is 10.6 Å². The number of rotatable bonds is 7. The zero-order valence-corrected chi connectivity index (χ0v) is 16.5. The van der Waals surface area contributed by atoms with E-state index >= 15 is 0 Å². The van der Waals surface area contributed by atoms with E-state index in [0.717, 1.165) is 12.8 Å². The summed E-state index contributed by atoms with van der Waals surface area (Å²) in [5, 5.41) is 0.293. The number of ether oxygens (including phenoxy) is 1. The Morgan fingerprint density at radius 1 is 1.21 bits per heavy atom. The number of aryl methyl sites for hydroxylation is 2. The molecule has 0 aliphatic rings. The molecule has 0 aliphatic carbocycles. The van der Waals surface area contributed by atoms with E-state index in [9.17, 15) is 14.4 Å². The van der Waals surface area contributed by atoms with E-state index in [0.29, 0.717) is 35.1 Å². The second-order valence-corrected chi connectivity index (χ2v) is 6.67. The highest BCUT2D eigenvalue weighted by Crippen LogP contribution is 2.18. The summed E-state index contributed by atoms with van der Waals surface area (Å²) in [6.07, 6.45) is 1.67. The number of hydrogen-bond acceptors (Lipinski definition) is 5. The molecule has 9 heteroatoms. The lowest BCUT2D eigenvalue weighted by molar-refractivity contribution is 0.0459. The van der Waals surface area contributed by atoms with Crippen LogP contribution in [-0.2, 0) is 24.4 Å². The number of carbonyl (C=O) groups is 1. The largest absolute Gasteiger partial charge is 0.454 e. The van der Waals surface area contributed by atoms with Crippen LogP contribution in [0.25, 0.3) is 11.2 Å². The highest BCUT2D eigenvalue weighted by atomic mass is 35.5. The molecule has 0 spiro atoms. The van der Waals surface area contributed by atoms with Crippen molar-refractivity contribution in [1.82, 2.24) is 19.1 Å². The Bertz CT molecular complexity index is 1130. The van der Waals surface area contributed by atoms with Crippen LogP contribution in [0.2, 0.25) is 5.02 Å². The Balaban J connectivity index is 1.98. The van der Waals surface area contributed by atoms with E-state index < -0.39 is 17.2 Å². The summed E-state index contributed by atoms with van der Waals surface area (Å²) >= 11 is 6.03. The maximum atomic E-state index is 12.4. The van der Waals surface area contributed by atoms with Crippen LogP contribution in [-0.4, -0.2) is 25.1 Å². The van der Waals surface area contributed by atoms with Crippen LogP contribution in [0.1, 0.15) is 42.9 Å². The van der Waals surface area contributed by atoms with Gasteiger partial charge in [0, 0.05) is 13.1 Å². The predicted octanol–water partition coefficient (Wildman–Crippen LogP) is 2.72. The molecular weight excluding hydrogens is 384 g/mol. The first-order valence-corrected chi connectivity index (χ1v) is 9.49. The van der Waals surface area contributed by atoms with Gasteiger partial charge in [0.15, 0.2) is 11.2 Å². The molecule has 0 saturated heterocycles. The minimum absolute atomic E-state index is 0.145. The van der Waals surface area contributed by atoms with Crippen LogP contribution >= 0.6 is 11.6 Å². The monoisotopic (exact) mass is 404 g/mol. The molecule has 148 valence electrons. The van der Waals surface area contributed by atoms with Crippen molar-refractivity contribution < 1.29 is 9.53 Å². The number of halogens is 1. The van der Waals surface area contributed by atoms with Crippen molar-refractivity contribution in [1.29, 1.82) is 0 Å². The molecule has 3 aromatic rings. The van der Waals surface area contributed by atoms with Gasteiger partial charge >= 0.3 is 11.7 Å². The molecular formula is C19H21ClN4O4. The average molecular weight is 405 g/mol. The van der Waals surface area contributed by atoms with E-state index in [1.165, 1.54) is 4.57 Å². The third-order valence-corrected chi connectivity index (χ3v) is 4.77. The molecule has 0 bridgehead atoms. The van der Waals surface area contributed by atoms with Gasteiger partial charge < -0.3 is 9.30 Å². The van der Waals surface area contributed by atoms with Crippen LogP contribution in [0.3, 0.4) is 0 Å². The molecule has 0 saturated carbocycles. The van der Waals surface area contributed by atoms with Crippen LogP contribution in [0, 0.1) is 0 Å². The molecule has 0 fully saturated rings. The third-order valence-electron chi connectivity index (χ3n) is 4.44. The Kier molecular flexibility index (Phi) is 5.99. The molecule has 1 N–H and O–H groups in total. The molecule has 0 atom stereocenters. The van der Waals surface area contributed by atoms with Crippen LogP contribution in [0.15, 0.2) is 33.9 Å². The number of imidazole rings is 1. The van der Waals surface area contributed by atoms with Crippen molar-refractivity contribution in [3.8, 4) is 0 Å².